The average molecular weight is 422 g/mol. The number of aryl methyl sites for hydroxylation is 2. The van der Waals surface area contributed by atoms with Gasteiger partial charge in [0.2, 0.25) is 0 Å². The Morgan fingerprint density at radius 1 is 1.18 bits per heavy atom. The lowest BCUT2D eigenvalue weighted by Gasteiger charge is -2.14. The van der Waals surface area contributed by atoms with Gasteiger partial charge in [0.15, 0.2) is 11.8 Å². The molecule has 1 N–H and O–H groups in total. The van der Waals surface area contributed by atoms with Gasteiger partial charge in [0.1, 0.15) is 0 Å². The fraction of sp³-hybridized carbons (Fsp3) is 0.400. The molecule has 0 fully saturated rings. The number of nitrogens with zero attached hydrogens (tertiary/aromatic N) is 2. The normalized spacial score (nSPS) is 11.8. The summed E-state index contributed by atoms with van der Waals surface area (Å²) in [6.45, 7) is 5.35. The Balaban J connectivity index is 1.79. The van der Waals surface area contributed by atoms with Crippen LogP contribution in [-0.2, 0) is 20.7 Å². The second-order valence-electron chi connectivity index (χ2n) is 6.36. The summed E-state index contributed by atoms with van der Waals surface area (Å²) in [5, 5.41) is 4.14. The van der Waals surface area contributed by atoms with Crippen molar-refractivity contribution in [2.45, 2.75) is 44.8 Å². The molecule has 1 aromatic heterocycles. The fourth-order valence-electron chi connectivity index (χ4n) is 2.72. The maximum absolute atomic E-state index is 12.0. The number of carbonyl (C=O) groups excluding carboxylic acids is 2. The minimum absolute atomic E-state index is 0.170. The Kier molecular flexibility index (Phi) is 8.26. The highest BCUT2D eigenvalue weighted by atomic mass is 35.5. The van der Waals surface area contributed by atoms with Gasteiger partial charge in [0.05, 0.1) is 6.04 Å². The summed E-state index contributed by atoms with van der Waals surface area (Å²) in [6.07, 6.45) is 2.57. The van der Waals surface area contributed by atoms with Gasteiger partial charge in [0.25, 0.3) is 5.91 Å². The summed E-state index contributed by atoms with van der Waals surface area (Å²) in [7, 11) is 0. The van der Waals surface area contributed by atoms with E-state index in [2.05, 4.69) is 15.3 Å². The molecule has 28 heavy (non-hydrogen) atoms. The number of amides is 1. The van der Waals surface area contributed by atoms with Gasteiger partial charge in [-0.3, -0.25) is 9.59 Å². The first-order valence-electron chi connectivity index (χ1n) is 8.88. The number of halogens is 1. The van der Waals surface area contributed by atoms with Crippen molar-refractivity contribution < 1.29 is 14.3 Å². The number of rotatable bonds is 8. The van der Waals surface area contributed by atoms with Gasteiger partial charge >= 0.3 is 5.97 Å². The lowest BCUT2D eigenvalue weighted by molar-refractivity contribution is -0.148. The minimum atomic E-state index is -0.429. The molecule has 6 nitrogen and oxygen atoms in total. The van der Waals surface area contributed by atoms with Crippen LogP contribution in [0.3, 0.4) is 0 Å². The zero-order chi connectivity index (χ0) is 20.7. The van der Waals surface area contributed by atoms with Crippen molar-refractivity contribution in [3.63, 3.8) is 0 Å². The second kappa shape index (κ2) is 10.4. The van der Waals surface area contributed by atoms with Gasteiger partial charge in [-0.15, -0.1) is 0 Å². The Morgan fingerprint density at radius 2 is 1.79 bits per heavy atom. The highest BCUT2D eigenvalue weighted by molar-refractivity contribution is 7.98. The van der Waals surface area contributed by atoms with Crippen LogP contribution < -0.4 is 5.32 Å². The topological polar surface area (TPSA) is 81.2 Å². The first kappa shape index (κ1) is 22.2. The first-order chi connectivity index (χ1) is 13.3. The number of benzene rings is 1. The van der Waals surface area contributed by atoms with Crippen molar-refractivity contribution in [2.75, 3.05) is 12.9 Å². The molecule has 0 saturated heterocycles. The molecule has 2 rings (SSSR count). The number of hydrogen-bond acceptors (Lipinski definition) is 6. The smallest absolute Gasteiger partial charge is 0.306 e. The van der Waals surface area contributed by atoms with Crippen LogP contribution >= 0.6 is 23.4 Å². The molecule has 0 spiro atoms. The lowest BCUT2D eigenvalue weighted by atomic mass is 10.1. The Labute approximate surface area is 174 Å². The number of nitrogens with one attached hydrogen (secondary N) is 1. The van der Waals surface area contributed by atoms with Crippen molar-refractivity contribution in [2.24, 2.45) is 0 Å². The van der Waals surface area contributed by atoms with Gasteiger partial charge in [-0.1, -0.05) is 35.5 Å². The number of ether oxygens (including phenoxy) is 1. The molecule has 8 heteroatoms. The summed E-state index contributed by atoms with van der Waals surface area (Å²) in [5.74, 6) is -0.780. The maximum Gasteiger partial charge on any atom is 0.306 e. The Bertz CT molecular complexity index is 820. The molecular formula is C20H24ClN3O3S. The van der Waals surface area contributed by atoms with E-state index >= 15 is 0 Å². The van der Waals surface area contributed by atoms with Crippen molar-refractivity contribution >= 4 is 35.2 Å². The quantitative estimate of drug-likeness (QED) is 0.396. The van der Waals surface area contributed by atoms with E-state index < -0.39 is 5.97 Å². The molecule has 1 aromatic carbocycles. The molecule has 0 radical (unpaired) electrons. The Hall–Kier alpha value is -2.12. The number of hydrogen-bond donors (Lipinski definition) is 1. The number of esters is 1. The molecule has 1 heterocycles. The average Bonchev–Trinajstić information content (AvgIpc) is 2.66. The standard InChI is InChI=1S/C20H24ClN3O3S/c1-12(15-5-7-16(21)8-6-15)22-18(25)11-27-19(26)10-9-17-13(2)23-20(28-4)24-14(17)3/h5-8,12H,9-11H2,1-4H3,(H,22,25)/t12-/m0/s1. The van der Waals surface area contributed by atoms with E-state index in [9.17, 15) is 9.59 Å². The highest BCUT2D eigenvalue weighted by Crippen LogP contribution is 2.18. The molecule has 1 atom stereocenters. The molecule has 2 aromatic rings. The molecule has 0 aliphatic rings. The zero-order valence-corrected chi connectivity index (χ0v) is 18.0. The third-order valence-corrected chi connectivity index (χ3v) is 5.07. The molecule has 0 unspecified atom stereocenters. The second-order valence-corrected chi connectivity index (χ2v) is 7.57. The van der Waals surface area contributed by atoms with Crippen LogP contribution in [0.25, 0.3) is 0 Å². The van der Waals surface area contributed by atoms with Crippen molar-refractivity contribution in [1.29, 1.82) is 0 Å². The molecule has 150 valence electrons. The van der Waals surface area contributed by atoms with Crippen LogP contribution in [0.5, 0.6) is 0 Å². The largest absolute Gasteiger partial charge is 0.456 e. The molecule has 1 amide bonds. The van der Waals surface area contributed by atoms with Crippen LogP contribution in [0.4, 0.5) is 0 Å². The molecule has 0 aliphatic carbocycles. The van der Waals surface area contributed by atoms with E-state index in [4.69, 9.17) is 16.3 Å². The van der Waals surface area contributed by atoms with Crippen LogP contribution in [0, 0.1) is 13.8 Å². The van der Waals surface area contributed by atoms with Crippen LogP contribution in [0.1, 0.15) is 41.9 Å². The van der Waals surface area contributed by atoms with Gasteiger partial charge in [0, 0.05) is 22.8 Å². The first-order valence-corrected chi connectivity index (χ1v) is 10.5. The van der Waals surface area contributed by atoms with Crippen LogP contribution in [0.2, 0.25) is 5.02 Å². The maximum atomic E-state index is 12.0. The third-order valence-electron chi connectivity index (χ3n) is 4.27. The SMILES string of the molecule is CSc1nc(C)c(CCC(=O)OCC(=O)N[C@@H](C)c2ccc(Cl)cc2)c(C)n1. The predicted molar refractivity (Wildman–Crippen MR) is 111 cm³/mol. The third kappa shape index (κ3) is 6.49. The highest BCUT2D eigenvalue weighted by Gasteiger charge is 2.14. The van der Waals surface area contributed by atoms with Gasteiger partial charge < -0.3 is 10.1 Å². The van der Waals surface area contributed by atoms with Crippen molar-refractivity contribution in [3.05, 3.63) is 51.8 Å². The van der Waals surface area contributed by atoms with E-state index in [1.54, 1.807) is 12.1 Å². The predicted octanol–water partition coefficient (Wildman–Crippen LogP) is 3.82. The fourth-order valence-corrected chi connectivity index (χ4v) is 3.31. The summed E-state index contributed by atoms with van der Waals surface area (Å²) >= 11 is 7.34. The van der Waals surface area contributed by atoms with Crippen molar-refractivity contribution in [1.82, 2.24) is 15.3 Å². The van der Waals surface area contributed by atoms with Crippen LogP contribution in [0.15, 0.2) is 29.4 Å². The van der Waals surface area contributed by atoms with E-state index in [-0.39, 0.29) is 25.0 Å². The van der Waals surface area contributed by atoms with Gasteiger partial charge in [-0.25, -0.2) is 9.97 Å². The summed E-state index contributed by atoms with van der Waals surface area (Å²) < 4.78 is 5.09. The van der Waals surface area contributed by atoms with Crippen molar-refractivity contribution in [3.8, 4) is 0 Å². The number of thioether (sulfide) groups is 1. The molecular weight excluding hydrogens is 398 g/mol. The van der Waals surface area contributed by atoms with E-state index in [1.807, 2.05) is 39.2 Å². The van der Waals surface area contributed by atoms with E-state index in [0.29, 0.717) is 16.6 Å². The number of carbonyl (C=O) groups is 2. The lowest BCUT2D eigenvalue weighted by Crippen LogP contribution is -2.31. The zero-order valence-electron chi connectivity index (χ0n) is 16.4. The Morgan fingerprint density at radius 3 is 2.36 bits per heavy atom. The van der Waals surface area contributed by atoms with Crippen LogP contribution in [-0.4, -0.2) is 34.7 Å². The minimum Gasteiger partial charge on any atom is -0.456 e. The molecule has 0 aliphatic heterocycles. The van der Waals surface area contributed by atoms with E-state index in [1.165, 1.54) is 11.8 Å². The molecule has 0 bridgehead atoms. The monoisotopic (exact) mass is 421 g/mol. The van der Waals surface area contributed by atoms with E-state index in [0.717, 1.165) is 22.5 Å². The summed E-state index contributed by atoms with van der Waals surface area (Å²) in [4.78, 5) is 32.8. The van der Waals surface area contributed by atoms with Gasteiger partial charge in [-0.2, -0.15) is 0 Å². The summed E-state index contributed by atoms with van der Waals surface area (Å²) in [5.41, 5.74) is 3.58. The number of aromatic nitrogens is 2. The summed E-state index contributed by atoms with van der Waals surface area (Å²) in [6, 6.07) is 7.00. The molecule has 0 saturated carbocycles. The van der Waals surface area contributed by atoms with Gasteiger partial charge in [-0.05, 0) is 56.7 Å².